The van der Waals surface area contributed by atoms with Crippen molar-refractivity contribution in [3.05, 3.63) is 93.6 Å². The van der Waals surface area contributed by atoms with Crippen LogP contribution in [0.25, 0.3) is 0 Å². The second-order valence-corrected chi connectivity index (χ2v) is 8.54. The molecule has 0 amide bonds. The minimum atomic E-state index is -0.222. The first-order chi connectivity index (χ1) is 13.7. The summed E-state index contributed by atoms with van der Waals surface area (Å²) in [4.78, 5) is 14.0. The SMILES string of the molecule is O=[N+]([O-])c1cc2c3c(c1)[C@H]1C=CC[C@H]1[C@H](c1ccccc1)N3C[C@H]1CC=C[C@H]21. The third-order valence-corrected chi connectivity index (χ3v) is 7.19. The van der Waals surface area contributed by atoms with Crippen molar-refractivity contribution in [1.82, 2.24) is 0 Å². The van der Waals surface area contributed by atoms with E-state index < -0.39 is 0 Å². The summed E-state index contributed by atoms with van der Waals surface area (Å²) in [6, 6.07) is 14.8. The van der Waals surface area contributed by atoms with Gasteiger partial charge in [0.15, 0.2) is 0 Å². The van der Waals surface area contributed by atoms with Crippen LogP contribution in [0.4, 0.5) is 11.4 Å². The molecule has 0 aromatic heterocycles. The number of anilines is 1. The minimum absolute atomic E-state index is 0.222. The number of nitro benzene ring substituents is 1. The molecule has 2 aromatic carbocycles. The molecular weight excluding hydrogens is 348 g/mol. The number of rotatable bonds is 2. The molecule has 4 aliphatic rings. The Morgan fingerprint density at radius 2 is 1.68 bits per heavy atom. The fraction of sp³-hybridized carbons (Fsp3) is 0.333. The van der Waals surface area contributed by atoms with Crippen molar-refractivity contribution >= 4 is 11.4 Å². The second-order valence-electron chi connectivity index (χ2n) is 8.54. The molecule has 2 aromatic rings. The monoisotopic (exact) mass is 370 g/mol. The van der Waals surface area contributed by atoms with E-state index in [2.05, 4.69) is 59.5 Å². The van der Waals surface area contributed by atoms with E-state index in [1.165, 1.54) is 11.3 Å². The number of nitrogens with zero attached hydrogens (tertiary/aromatic N) is 2. The number of hydrogen-bond acceptors (Lipinski definition) is 3. The lowest BCUT2D eigenvalue weighted by Gasteiger charge is -2.51. The molecule has 0 N–H and O–H groups in total. The lowest BCUT2D eigenvalue weighted by Crippen LogP contribution is -2.46. The van der Waals surface area contributed by atoms with Crippen molar-refractivity contribution in [3.63, 3.8) is 0 Å². The van der Waals surface area contributed by atoms with E-state index in [0.29, 0.717) is 23.8 Å². The zero-order valence-corrected chi connectivity index (χ0v) is 15.6. The number of benzene rings is 2. The Morgan fingerprint density at radius 3 is 2.46 bits per heavy atom. The Balaban J connectivity index is 1.61. The molecule has 2 aliphatic heterocycles. The minimum Gasteiger partial charge on any atom is -0.363 e. The maximum absolute atomic E-state index is 11.7. The van der Waals surface area contributed by atoms with E-state index in [4.69, 9.17) is 0 Å². The van der Waals surface area contributed by atoms with Crippen LogP contribution in [0, 0.1) is 22.0 Å². The number of hydrogen-bond donors (Lipinski definition) is 0. The van der Waals surface area contributed by atoms with E-state index in [1.54, 1.807) is 0 Å². The lowest BCUT2D eigenvalue weighted by atomic mass is 9.70. The molecule has 2 heterocycles. The van der Waals surface area contributed by atoms with Crippen LogP contribution in [0.3, 0.4) is 0 Å². The highest BCUT2D eigenvalue weighted by atomic mass is 16.6. The van der Waals surface area contributed by atoms with Crippen molar-refractivity contribution in [2.24, 2.45) is 11.8 Å². The van der Waals surface area contributed by atoms with Gasteiger partial charge in [-0.15, -0.1) is 0 Å². The van der Waals surface area contributed by atoms with Crippen LogP contribution in [0.5, 0.6) is 0 Å². The molecule has 5 atom stereocenters. The van der Waals surface area contributed by atoms with E-state index in [9.17, 15) is 10.1 Å². The lowest BCUT2D eigenvalue weighted by molar-refractivity contribution is -0.385. The maximum atomic E-state index is 11.7. The van der Waals surface area contributed by atoms with Crippen molar-refractivity contribution in [2.75, 3.05) is 11.4 Å². The van der Waals surface area contributed by atoms with Gasteiger partial charge in [-0.3, -0.25) is 10.1 Å². The summed E-state index contributed by atoms with van der Waals surface area (Å²) in [5, 5.41) is 11.7. The summed E-state index contributed by atoms with van der Waals surface area (Å²) in [5.41, 5.74) is 5.19. The zero-order chi connectivity index (χ0) is 18.8. The van der Waals surface area contributed by atoms with Gasteiger partial charge in [-0.05, 0) is 41.4 Å². The highest BCUT2D eigenvalue weighted by Crippen LogP contribution is 2.59. The quantitative estimate of drug-likeness (QED) is 0.399. The van der Waals surface area contributed by atoms with Gasteiger partial charge in [0, 0.05) is 36.2 Å². The molecule has 6 rings (SSSR count). The first kappa shape index (κ1) is 16.1. The fourth-order valence-corrected chi connectivity index (χ4v) is 6.09. The number of non-ortho nitro benzene ring substituents is 1. The molecule has 0 fully saturated rings. The summed E-state index contributed by atoms with van der Waals surface area (Å²) in [6.07, 6.45) is 11.2. The largest absolute Gasteiger partial charge is 0.363 e. The summed E-state index contributed by atoms with van der Waals surface area (Å²) >= 11 is 0. The van der Waals surface area contributed by atoms with E-state index in [0.717, 1.165) is 30.5 Å². The van der Waals surface area contributed by atoms with E-state index in [-0.39, 0.29) is 16.5 Å². The average Bonchev–Trinajstić information content (AvgIpc) is 3.38. The van der Waals surface area contributed by atoms with Crippen LogP contribution < -0.4 is 4.90 Å². The molecule has 0 bridgehead atoms. The Morgan fingerprint density at radius 1 is 0.964 bits per heavy atom. The predicted octanol–water partition coefficient (Wildman–Crippen LogP) is 5.49. The summed E-state index contributed by atoms with van der Waals surface area (Å²) in [5.74, 6) is 1.52. The first-order valence-corrected chi connectivity index (χ1v) is 10.2. The van der Waals surface area contributed by atoms with Gasteiger partial charge < -0.3 is 4.90 Å². The Bertz CT molecular complexity index is 1010. The molecule has 140 valence electrons. The van der Waals surface area contributed by atoms with E-state index >= 15 is 0 Å². The fourth-order valence-electron chi connectivity index (χ4n) is 6.09. The smallest absolute Gasteiger partial charge is 0.270 e. The van der Waals surface area contributed by atoms with Crippen LogP contribution in [0.15, 0.2) is 66.8 Å². The molecule has 0 saturated carbocycles. The summed E-state index contributed by atoms with van der Waals surface area (Å²) in [7, 11) is 0. The Labute approximate surface area is 164 Å². The number of fused-ring (bicyclic) bond motifs is 4. The molecule has 0 spiro atoms. The van der Waals surface area contributed by atoms with Crippen LogP contribution in [0.1, 0.15) is 47.4 Å². The summed E-state index contributed by atoms with van der Waals surface area (Å²) in [6.45, 7) is 1.03. The van der Waals surface area contributed by atoms with Gasteiger partial charge in [0.1, 0.15) is 0 Å². The van der Waals surface area contributed by atoms with Gasteiger partial charge in [-0.1, -0.05) is 54.6 Å². The molecule has 2 aliphatic carbocycles. The van der Waals surface area contributed by atoms with Gasteiger partial charge >= 0.3 is 0 Å². The normalized spacial score (nSPS) is 31.4. The number of nitro groups is 1. The van der Waals surface area contributed by atoms with Crippen LogP contribution in [-0.2, 0) is 0 Å². The van der Waals surface area contributed by atoms with Crippen molar-refractivity contribution < 1.29 is 4.92 Å². The zero-order valence-electron chi connectivity index (χ0n) is 15.6. The molecule has 0 saturated heterocycles. The third-order valence-electron chi connectivity index (χ3n) is 7.19. The molecular formula is C24H22N2O2. The van der Waals surface area contributed by atoms with E-state index in [1.807, 2.05) is 12.1 Å². The second kappa shape index (κ2) is 5.81. The molecule has 0 radical (unpaired) electrons. The van der Waals surface area contributed by atoms with Crippen LogP contribution >= 0.6 is 0 Å². The molecule has 28 heavy (non-hydrogen) atoms. The van der Waals surface area contributed by atoms with Crippen LogP contribution in [-0.4, -0.2) is 11.5 Å². The molecule has 0 unspecified atom stereocenters. The molecule has 4 heteroatoms. The topological polar surface area (TPSA) is 46.4 Å². The van der Waals surface area contributed by atoms with Gasteiger partial charge in [0.2, 0.25) is 0 Å². The highest BCUT2D eigenvalue weighted by molar-refractivity contribution is 5.72. The standard InChI is InChI=1S/C24H22N2O2/c27-26(28)17-12-21-18-9-4-8-16(18)14-25-23(15-6-2-1-3-7-15)20-11-5-10-19(20)22(13-17)24(21)25/h1-7,9-10,12-13,16,18-20,23H,8,11,14H2/t16-,18+,19+,20-,23+/m1/s1. The Hall–Kier alpha value is -2.88. The van der Waals surface area contributed by atoms with Crippen LogP contribution in [0.2, 0.25) is 0 Å². The van der Waals surface area contributed by atoms with Crippen molar-refractivity contribution in [1.29, 1.82) is 0 Å². The predicted molar refractivity (Wildman–Crippen MR) is 110 cm³/mol. The summed E-state index contributed by atoms with van der Waals surface area (Å²) < 4.78 is 0. The number of allylic oxidation sites excluding steroid dienone is 4. The van der Waals surface area contributed by atoms with Crippen molar-refractivity contribution in [3.8, 4) is 0 Å². The van der Waals surface area contributed by atoms with Gasteiger partial charge in [0.25, 0.3) is 5.69 Å². The Kier molecular flexibility index (Phi) is 3.34. The first-order valence-electron chi connectivity index (χ1n) is 10.2. The van der Waals surface area contributed by atoms with Gasteiger partial charge in [0.05, 0.1) is 11.0 Å². The highest BCUT2D eigenvalue weighted by Gasteiger charge is 2.48. The van der Waals surface area contributed by atoms with Crippen molar-refractivity contribution in [2.45, 2.75) is 30.7 Å². The average molecular weight is 370 g/mol. The third kappa shape index (κ3) is 2.12. The van der Waals surface area contributed by atoms with Gasteiger partial charge in [-0.2, -0.15) is 0 Å². The van der Waals surface area contributed by atoms with Gasteiger partial charge in [-0.25, -0.2) is 0 Å². The molecule has 4 nitrogen and oxygen atoms in total. The maximum Gasteiger partial charge on any atom is 0.270 e.